The van der Waals surface area contributed by atoms with Gasteiger partial charge in [-0.2, -0.15) is 0 Å². The summed E-state index contributed by atoms with van der Waals surface area (Å²) in [6.07, 6.45) is 0.671. The number of benzene rings is 1. The second-order valence-corrected chi connectivity index (χ2v) is 5.77. The fourth-order valence-corrected chi connectivity index (χ4v) is 2.51. The van der Waals surface area contributed by atoms with E-state index in [2.05, 4.69) is 53.3 Å². The first kappa shape index (κ1) is 15.6. The normalized spacial score (nSPS) is 14.5. The molecule has 102 valence electrons. The fourth-order valence-electron chi connectivity index (χ4n) is 1.88. The molecular formula is C14H22BrNO2. The van der Waals surface area contributed by atoms with Crippen LogP contribution in [0.4, 0.5) is 0 Å². The van der Waals surface area contributed by atoms with Crippen LogP contribution in [-0.4, -0.2) is 31.0 Å². The molecule has 0 saturated heterocycles. The highest BCUT2D eigenvalue weighted by Gasteiger charge is 2.23. The lowest BCUT2D eigenvalue weighted by Gasteiger charge is -2.30. The molecule has 0 amide bonds. The largest absolute Gasteiger partial charge is 0.396 e. The van der Waals surface area contributed by atoms with E-state index >= 15 is 0 Å². The molecule has 4 heteroatoms. The maximum atomic E-state index is 9.11. The number of hydrogen-bond donors (Lipinski definition) is 2. The molecule has 1 rings (SSSR count). The Morgan fingerprint density at radius 3 is 2.72 bits per heavy atom. The molecular weight excluding hydrogens is 294 g/mol. The van der Waals surface area contributed by atoms with Crippen LogP contribution in [0.1, 0.15) is 24.5 Å². The van der Waals surface area contributed by atoms with E-state index < -0.39 is 0 Å². The van der Waals surface area contributed by atoms with Crippen molar-refractivity contribution in [2.45, 2.75) is 32.4 Å². The van der Waals surface area contributed by atoms with Crippen molar-refractivity contribution < 1.29 is 9.84 Å². The van der Waals surface area contributed by atoms with Gasteiger partial charge in [0, 0.05) is 30.3 Å². The molecule has 1 atom stereocenters. The van der Waals surface area contributed by atoms with Gasteiger partial charge in [-0.25, -0.2) is 0 Å². The molecule has 1 aromatic rings. The van der Waals surface area contributed by atoms with E-state index in [-0.39, 0.29) is 12.1 Å². The zero-order valence-electron chi connectivity index (χ0n) is 11.3. The second kappa shape index (κ2) is 7.24. The Labute approximate surface area is 118 Å². The van der Waals surface area contributed by atoms with Gasteiger partial charge in [0.1, 0.15) is 0 Å². The van der Waals surface area contributed by atoms with Crippen LogP contribution < -0.4 is 5.32 Å². The van der Waals surface area contributed by atoms with Crippen molar-refractivity contribution in [1.82, 2.24) is 5.32 Å². The second-order valence-electron chi connectivity index (χ2n) is 4.92. The van der Waals surface area contributed by atoms with Crippen molar-refractivity contribution in [2.75, 3.05) is 20.3 Å². The highest BCUT2D eigenvalue weighted by molar-refractivity contribution is 9.10. The third kappa shape index (κ3) is 4.69. The predicted molar refractivity (Wildman–Crippen MR) is 77.7 cm³/mol. The average Bonchev–Trinajstić information content (AvgIpc) is 2.28. The van der Waals surface area contributed by atoms with E-state index in [0.717, 1.165) is 11.0 Å². The SMILES string of the molecule is COCC(C)(CCO)NCc1ccc(C)cc1Br. The maximum absolute atomic E-state index is 9.11. The number of nitrogens with one attached hydrogen (secondary N) is 1. The summed E-state index contributed by atoms with van der Waals surface area (Å²) < 4.78 is 6.32. The fraction of sp³-hybridized carbons (Fsp3) is 0.571. The van der Waals surface area contributed by atoms with Crippen LogP contribution in [0.3, 0.4) is 0 Å². The quantitative estimate of drug-likeness (QED) is 0.812. The van der Waals surface area contributed by atoms with Crippen LogP contribution in [-0.2, 0) is 11.3 Å². The molecule has 2 N–H and O–H groups in total. The molecule has 18 heavy (non-hydrogen) atoms. The monoisotopic (exact) mass is 315 g/mol. The first-order chi connectivity index (χ1) is 8.50. The summed E-state index contributed by atoms with van der Waals surface area (Å²) in [7, 11) is 1.68. The average molecular weight is 316 g/mol. The van der Waals surface area contributed by atoms with Crippen molar-refractivity contribution in [3.8, 4) is 0 Å². The van der Waals surface area contributed by atoms with Crippen LogP contribution in [0.15, 0.2) is 22.7 Å². The van der Waals surface area contributed by atoms with Gasteiger partial charge >= 0.3 is 0 Å². The van der Waals surface area contributed by atoms with Crippen LogP contribution in [0.2, 0.25) is 0 Å². The number of rotatable bonds is 7. The highest BCUT2D eigenvalue weighted by atomic mass is 79.9. The third-order valence-electron chi connectivity index (χ3n) is 3.04. The summed E-state index contributed by atoms with van der Waals surface area (Å²) in [4.78, 5) is 0. The summed E-state index contributed by atoms with van der Waals surface area (Å²) in [5.74, 6) is 0. The first-order valence-corrected chi connectivity index (χ1v) is 6.90. The minimum Gasteiger partial charge on any atom is -0.396 e. The minimum absolute atomic E-state index is 0.155. The Morgan fingerprint density at radius 2 is 2.17 bits per heavy atom. The lowest BCUT2D eigenvalue weighted by atomic mass is 9.99. The molecule has 0 aliphatic carbocycles. The Hall–Kier alpha value is -0.420. The molecule has 0 spiro atoms. The topological polar surface area (TPSA) is 41.5 Å². The number of hydrogen-bond acceptors (Lipinski definition) is 3. The van der Waals surface area contributed by atoms with Gasteiger partial charge in [0.05, 0.1) is 6.61 Å². The summed E-state index contributed by atoms with van der Waals surface area (Å²) in [5.41, 5.74) is 2.25. The lowest BCUT2D eigenvalue weighted by Crippen LogP contribution is -2.46. The summed E-state index contributed by atoms with van der Waals surface area (Å²) >= 11 is 3.57. The van der Waals surface area contributed by atoms with Crippen molar-refractivity contribution >= 4 is 15.9 Å². The van der Waals surface area contributed by atoms with Crippen LogP contribution in [0.5, 0.6) is 0 Å². The van der Waals surface area contributed by atoms with E-state index in [1.807, 2.05) is 0 Å². The zero-order chi connectivity index (χ0) is 13.6. The molecule has 0 heterocycles. The lowest BCUT2D eigenvalue weighted by molar-refractivity contribution is 0.0969. The van der Waals surface area contributed by atoms with E-state index in [1.54, 1.807) is 7.11 Å². The number of ether oxygens (including phenoxy) is 1. The van der Waals surface area contributed by atoms with Gasteiger partial charge in [0.2, 0.25) is 0 Å². The number of methoxy groups -OCH3 is 1. The number of aliphatic hydroxyl groups excluding tert-OH is 1. The molecule has 0 aliphatic rings. The molecule has 0 radical (unpaired) electrons. The molecule has 0 fully saturated rings. The van der Waals surface area contributed by atoms with Crippen LogP contribution in [0.25, 0.3) is 0 Å². The summed E-state index contributed by atoms with van der Waals surface area (Å²) in [6.45, 7) is 5.62. The van der Waals surface area contributed by atoms with Gasteiger partial charge < -0.3 is 15.2 Å². The molecule has 1 unspecified atom stereocenters. The molecule has 1 aromatic carbocycles. The summed E-state index contributed by atoms with van der Waals surface area (Å²) in [6, 6.07) is 6.32. The third-order valence-corrected chi connectivity index (χ3v) is 3.78. The van der Waals surface area contributed by atoms with Crippen LogP contribution in [0, 0.1) is 6.92 Å². The Morgan fingerprint density at radius 1 is 1.44 bits per heavy atom. The van der Waals surface area contributed by atoms with Crippen molar-refractivity contribution in [3.63, 3.8) is 0 Å². The van der Waals surface area contributed by atoms with Gasteiger partial charge in [-0.15, -0.1) is 0 Å². The van der Waals surface area contributed by atoms with Crippen molar-refractivity contribution in [2.24, 2.45) is 0 Å². The van der Waals surface area contributed by atoms with Gasteiger partial charge in [-0.05, 0) is 37.5 Å². The minimum atomic E-state index is -0.201. The Balaban J connectivity index is 2.66. The molecule has 0 saturated carbocycles. The number of aryl methyl sites for hydroxylation is 1. The number of halogens is 1. The number of aliphatic hydroxyl groups is 1. The van der Waals surface area contributed by atoms with Gasteiger partial charge in [-0.3, -0.25) is 0 Å². The Kier molecular flexibility index (Phi) is 6.29. The molecule has 3 nitrogen and oxygen atoms in total. The van der Waals surface area contributed by atoms with E-state index in [4.69, 9.17) is 9.84 Å². The van der Waals surface area contributed by atoms with Crippen LogP contribution >= 0.6 is 15.9 Å². The summed E-state index contributed by atoms with van der Waals surface area (Å²) in [5, 5.41) is 12.6. The smallest absolute Gasteiger partial charge is 0.0642 e. The molecule has 0 bridgehead atoms. The van der Waals surface area contributed by atoms with Crippen molar-refractivity contribution in [1.29, 1.82) is 0 Å². The Bertz CT molecular complexity index is 376. The van der Waals surface area contributed by atoms with E-state index in [1.165, 1.54) is 11.1 Å². The maximum Gasteiger partial charge on any atom is 0.0642 e. The predicted octanol–water partition coefficient (Wildman–Crippen LogP) is 2.63. The standard InChI is InChI=1S/C14H22BrNO2/c1-11-4-5-12(13(15)8-11)9-16-14(2,6-7-17)10-18-3/h4-5,8,16-17H,6-7,9-10H2,1-3H3. The zero-order valence-corrected chi connectivity index (χ0v) is 12.9. The van der Waals surface area contributed by atoms with Gasteiger partial charge in [0.25, 0.3) is 0 Å². The first-order valence-electron chi connectivity index (χ1n) is 6.10. The van der Waals surface area contributed by atoms with Gasteiger partial charge in [-0.1, -0.05) is 28.1 Å². The molecule has 0 aromatic heterocycles. The molecule has 0 aliphatic heterocycles. The highest BCUT2D eigenvalue weighted by Crippen LogP contribution is 2.19. The van der Waals surface area contributed by atoms with Crippen molar-refractivity contribution in [3.05, 3.63) is 33.8 Å². The van der Waals surface area contributed by atoms with E-state index in [9.17, 15) is 0 Å². The van der Waals surface area contributed by atoms with E-state index in [0.29, 0.717) is 13.0 Å². The van der Waals surface area contributed by atoms with Gasteiger partial charge in [0.15, 0.2) is 0 Å².